The molecule has 1 aliphatic heterocycles. The largest absolute Gasteiger partial charge is 0.495 e. The molecule has 29 heavy (non-hydrogen) atoms. The maximum Gasteiger partial charge on any atom is 0.341 e. The highest BCUT2D eigenvalue weighted by Gasteiger charge is 2.25. The van der Waals surface area contributed by atoms with E-state index in [1.54, 1.807) is 43.3 Å². The van der Waals surface area contributed by atoms with E-state index in [2.05, 4.69) is 10.6 Å². The second kappa shape index (κ2) is 8.51. The van der Waals surface area contributed by atoms with Gasteiger partial charge in [0.05, 0.1) is 12.8 Å². The van der Waals surface area contributed by atoms with Crippen molar-refractivity contribution in [1.29, 1.82) is 0 Å². The minimum absolute atomic E-state index is 0.242. The van der Waals surface area contributed by atoms with Gasteiger partial charge in [0.25, 0.3) is 5.91 Å². The molecule has 0 bridgehead atoms. The number of hydrogen-bond acceptors (Lipinski definition) is 5. The first-order valence-electron chi connectivity index (χ1n) is 8.89. The van der Waals surface area contributed by atoms with Gasteiger partial charge < -0.3 is 25.2 Å². The minimum Gasteiger partial charge on any atom is -0.495 e. The molecule has 0 aromatic heterocycles. The maximum atomic E-state index is 12.7. The third kappa shape index (κ3) is 4.57. The van der Waals surface area contributed by atoms with Crippen LogP contribution in [0.15, 0.2) is 36.4 Å². The van der Waals surface area contributed by atoms with Crippen molar-refractivity contribution in [3.63, 3.8) is 0 Å². The summed E-state index contributed by atoms with van der Waals surface area (Å²) in [5, 5.41) is 14.2. The SMILES string of the molecule is COc1ccc(C(=O)Nc2ccc(OCC(=O)O)cc2C)cc1N1CCNC1=O. The van der Waals surface area contributed by atoms with Crippen LogP contribution in [0.1, 0.15) is 15.9 Å². The van der Waals surface area contributed by atoms with E-state index >= 15 is 0 Å². The Kier molecular flexibility index (Phi) is 5.87. The highest BCUT2D eigenvalue weighted by atomic mass is 16.5. The molecule has 3 rings (SSSR count). The number of methoxy groups -OCH3 is 1. The molecule has 9 nitrogen and oxygen atoms in total. The molecule has 1 heterocycles. The monoisotopic (exact) mass is 399 g/mol. The molecule has 9 heteroatoms. The van der Waals surface area contributed by atoms with Crippen LogP contribution in [-0.2, 0) is 4.79 Å². The summed E-state index contributed by atoms with van der Waals surface area (Å²) in [7, 11) is 1.50. The zero-order valence-electron chi connectivity index (χ0n) is 16.0. The van der Waals surface area contributed by atoms with E-state index in [-0.39, 0.29) is 11.9 Å². The number of urea groups is 1. The number of carboxylic acids is 1. The van der Waals surface area contributed by atoms with Gasteiger partial charge in [-0.05, 0) is 48.9 Å². The minimum atomic E-state index is -1.07. The van der Waals surface area contributed by atoms with Crippen molar-refractivity contribution in [2.24, 2.45) is 0 Å². The molecule has 0 saturated carbocycles. The number of anilines is 2. The number of nitrogens with zero attached hydrogens (tertiary/aromatic N) is 1. The maximum absolute atomic E-state index is 12.7. The highest BCUT2D eigenvalue weighted by molar-refractivity contribution is 6.06. The van der Waals surface area contributed by atoms with Crippen LogP contribution in [0.3, 0.4) is 0 Å². The Bertz CT molecular complexity index is 959. The summed E-state index contributed by atoms with van der Waals surface area (Å²) in [5.74, 6) is -0.526. The zero-order chi connectivity index (χ0) is 21.0. The van der Waals surface area contributed by atoms with Gasteiger partial charge in [-0.2, -0.15) is 0 Å². The standard InChI is InChI=1S/C20H21N3O6/c1-12-9-14(29-11-18(24)25)4-5-15(12)22-19(26)13-3-6-17(28-2)16(10-13)23-8-7-21-20(23)27/h3-6,9-10H,7-8,11H2,1-2H3,(H,21,27)(H,22,26)(H,24,25). The van der Waals surface area contributed by atoms with Gasteiger partial charge in [-0.25, -0.2) is 9.59 Å². The fraction of sp³-hybridized carbons (Fsp3) is 0.250. The van der Waals surface area contributed by atoms with Gasteiger partial charge in [-0.15, -0.1) is 0 Å². The van der Waals surface area contributed by atoms with E-state index in [0.29, 0.717) is 47.1 Å². The van der Waals surface area contributed by atoms with Crippen molar-refractivity contribution in [2.45, 2.75) is 6.92 Å². The molecule has 1 fully saturated rings. The topological polar surface area (TPSA) is 117 Å². The molecule has 1 aliphatic rings. The normalized spacial score (nSPS) is 13.0. The Morgan fingerprint density at radius 2 is 2.03 bits per heavy atom. The lowest BCUT2D eigenvalue weighted by atomic mass is 10.1. The molecule has 3 N–H and O–H groups in total. The number of carbonyl (C=O) groups excluding carboxylic acids is 2. The van der Waals surface area contributed by atoms with E-state index in [0.717, 1.165) is 0 Å². The number of nitrogens with one attached hydrogen (secondary N) is 2. The van der Waals surface area contributed by atoms with E-state index < -0.39 is 12.6 Å². The van der Waals surface area contributed by atoms with Crippen LogP contribution in [0.25, 0.3) is 0 Å². The third-order valence-corrected chi connectivity index (χ3v) is 4.40. The number of aliphatic carboxylic acids is 1. The van der Waals surface area contributed by atoms with Crippen molar-refractivity contribution in [2.75, 3.05) is 37.0 Å². The predicted molar refractivity (Wildman–Crippen MR) is 106 cm³/mol. The van der Waals surface area contributed by atoms with Crippen LogP contribution >= 0.6 is 0 Å². The van der Waals surface area contributed by atoms with Crippen LogP contribution in [-0.4, -0.2) is 49.8 Å². The second-order valence-electron chi connectivity index (χ2n) is 6.38. The lowest BCUT2D eigenvalue weighted by Crippen LogP contribution is -2.28. The molecule has 0 spiro atoms. The van der Waals surface area contributed by atoms with Crippen LogP contribution in [0.4, 0.5) is 16.2 Å². The van der Waals surface area contributed by atoms with Gasteiger partial charge in [0.15, 0.2) is 6.61 Å². The number of carbonyl (C=O) groups is 3. The molecule has 1 saturated heterocycles. The molecule has 0 unspecified atom stereocenters. The number of aryl methyl sites for hydroxylation is 1. The van der Waals surface area contributed by atoms with E-state index in [9.17, 15) is 14.4 Å². The zero-order valence-corrected chi connectivity index (χ0v) is 16.0. The van der Waals surface area contributed by atoms with Gasteiger partial charge in [-0.1, -0.05) is 0 Å². The molecular formula is C20H21N3O6. The van der Waals surface area contributed by atoms with Crippen molar-refractivity contribution in [3.8, 4) is 11.5 Å². The summed E-state index contributed by atoms with van der Waals surface area (Å²) in [5.41, 5.74) is 2.17. The Balaban J connectivity index is 1.78. The molecule has 0 atom stereocenters. The molecule has 2 aromatic carbocycles. The molecule has 152 valence electrons. The fourth-order valence-electron chi connectivity index (χ4n) is 2.95. The van der Waals surface area contributed by atoms with Crippen molar-refractivity contribution in [3.05, 3.63) is 47.5 Å². The molecular weight excluding hydrogens is 378 g/mol. The van der Waals surface area contributed by atoms with E-state index in [1.165, 1.54) is 12.0 Å². The van der Waals surface area contributed by atoms with Crippen LogP contribution in [0.2, 0.25) is 0 Å². The van der Waals surface area contributed by atoms with Crippen LogP contribution in [0.5, 0.6) is 11.5 Å². The van der Waals surface area contributed by atoms with E-state index in [1.807, 2.05) is 0 Å². The highest BCUT2D eigenvalue weighted by Crippen LogP contribution is 2.31. The van der Waals surface area contributed by atoms with Gasteiger partial charge in [-0.3, -0.25) is 9.69 Å². The summed E-state index contributed by atoms with van der Waals surface area (Å²) in [6, 6.07) is 9.50. The summed E-state index contributed by atoms with van der Waals surface area (Å²) in [4.78, 5) is 36.9. The quantitative estimate of drug-likeness (QED) is 0.657. The molecule has 0 radical (unpaired) electrons. The number of amides is 3. The van der Waals surface area contributed by atoms with Crippen LogP contribution in [0, 0.1) is 6.92 Å². The summed E-state index contributed by atoms with van der Waals surface area (Å²) in [6.45, 7) is 2.34. The first kappa shape index (κ1) is 20.0. The average molecular weight is 399 g/mol. The van der Waals surface area contributed by atoms with Gasteiger partial charge >= 0.3 is 12.0 Å². The Hall–Kier alpha value is -3.75. The van der Waals surface area contributed by atoms with Crippen molar-refractivity contribution < 1.29 is 29.0 Å². The molecule has 3 amide bonds. The first-order chi connectivity index (χ1) is 13.9. The van der Waals surface area contributed by atoms with Gasteiger partial charge in [0.1, 0.15) is 11.5 Å². The number of hydrogen-bond donors (Lipinski definition) is 3. The average Bonchev–Trinajstić information content (AvgIpc) is 3.13. The number of rotatable bonds is 7. The van der Waals surface area contributed by atoms with Gasteiger partial charge in [0, 0.05) is 24.3 Å². The Morgan fingerprint density at radius 1 is 1.24 bits per heavy atom. The second-order valence-corrected chi connectivity index (χ2v) is 6.38. The lowest BCUT2D eigenvalue weighted by Gasteiger charge is -2.19. The fourth-order valence-corrected chi connectivity index (χ4v) is 2.95. The summed E-state index contributed by atoms with van der Waals surface area (Å²) >= 11 is 0. The van der Waals surface area contributed by atoms with Crippen molar-refractivity contribution in [1.82, 2.24) is 5.32 Å². The number of benzene rings is 2. The predicted octanol–water partition coefficient (Wildman–Crippen LogP) is 2.25. The Morgan fingerprint density at radius 3 is 2.66 bits per heavy atom. The number of carboxylic acid groups (broad SMARTS) is 1. The van der Waals surface area contributed by atoms with Crippen molar-refractivity contribution >= 4 is 29.3 Å². The van der Waals surface area contributed by atoms with Gasteiger partial charge in [0.2, 0.25) is 0 Å². The first-order valence-corrected chi connectivity index (χ1v) is 8.89. The number of ether oxygens (including phenoxy) is 2. The van der Waals surface area contributed by atoms with Crippen LogP contribution < -0.4 is 25.0 Å². The smallest absolute Gasteiger partial charge is 0.341 e. The van der Waals surface area contributed by atoms with E-state index in [4.69, 9.17) is 14.6 Å². The summed E-state index contributed by atoms with van der Waals surface area (Å²) < 4.78 is 10.5. The Labute approximate surface area is 167 Å². The molecule has 2 aromatic rings. The lowest BCUT2D eigenvalue weighted by molar-refractivity contribution is -0.139. The third-order valence-electron chi connectivity index (χ3n) is 4.40. The summed E-state index contributed by atoms with van der Waals surface area (Å²) in [6.07, 6.45) is 0. The molecule has 0 aliphatic carbocycles.